The number of aromatic nitrogens is 2. The largest absolute Gasteiger partial charge is 0.332 e. The van der Waals surface area contributed by atoms with Gasteiger partial charge >= 0.3 is 5.69 Å². The Kier molecular flexibility index (Phi) is 2.48. The Balaban J connectivity index is 2.77. The average molecular weight is 216 g/mol. The summed E-state index contributed by atoms with van der Waals surface area (Å²) < 4.78 is 3.03. The van der Waals surface area contributed by atoms with E-state index in [1.165, 1.54) is 9.13 Å². The molecule has 0 unspecified atom stereocenters. The maximum absolute atomic E-state index is 11.9. The first-order valence-electron chi connectivity index (χ1n) is 4.94. The smallest absolute Gasteiger partial charge is 0.302 e. The zero-order chi connectivity index (χ0) is 11.7. The number of aldehydes is 1. The number of carbonyl (C=O) groups excluding carboxylic acids is 1. The highest BCUT2D eigenvalue weighted by Gasteiger charge is 2.10. The molecule has 2 rings (SSSR count). The third-order valence-electron chi connectivity index (χ3n) is 2.53. The lowest BCUT2D eigenvalue weighted by Crippen LogP contribution is -2.22. The van der Waals surface area contributed by atoms with Gasteiger partial charge in [-0.2, -0.15) is 0 Å². The molecule has 0 saturated heterocycles. The van der Waals surface area contributed by atoms with Crippen LogP contribution in [0.3, 0.4) is 0 Å². The van der Waals surface area contributed by atoms with Gasteiger partial charge in [-0.25, -0.2) is 4.79 Å². The molecule has 0 spiro atoms. The Hall–Kier alpha value is -2.10. The molecule has 0 bridgehead atoms. The molecular weight excluding hydrogens is 204 g/mol. The number of hydrogen-bond acceptors (Lipinski definition) is 2. The van der Waals surface area contributed by atoms with Crippen molar-refractivity contribution in [2.24, 2.45) is 7.05 Å². The molecule has 82 valence electrons. The van der Waals surface area contributed by atoms with Crippen LogP contribution in [0.4, 0.5) is 0 Å². The van der Waals surface area contributed by atoms with Gasteiger partial charge in [0.05, 0.1) is 5.69 Å². The van der Waals surface area contributed by atoms with Crippen LogP contribution in [0.1, 0.15) is 16.1 Å². The van der Waals surface area contributed by atoms with Crippen LogP contribution in [0.25, 0.3) is 5.69 Å². The summed E-state index contributed by atoms with van der Waals surface area (Å²) in [6.07, 6.45) is 2.50. The maximum Gasteiger partial charge on any atom is 0.332 e. The zero-order valence-electron chi connectivity index (χ0n) is 9.18. The number of para-hydroxylation sites is 1. The molecule has 2 aromatic rings. The molecule has 4 nitrogen and oxygen atoms in total. The number of nitrogens with zero attached hydrogens (tertiary/aromatic N) is 2. The van der Waals surface area contributed by atoms with Gasteiger partial charge in [-0.3, -0.25) is 9.36 Å². The van der Waals surface area contributed by atoms with Gasteiger partial charge in [0.25, 0.3) is 0 Å². The lowest BCUT2D eigenvalue weighted by Gasteiger charge is -2.06. The molecule has 1 heterocycles. The van der Waals surface area contributed by atoms with Crippen molar-refractivity contribution in [3.63, 3.8) is 0 Å². The quantitative estimate of drug-likeness (QED) is 0.710. The first kappa shape index (κ1) is 10.4. The molecule has 1 aromatic carbocycles. The third-order valence-corrected chi connectivity index (χ3v) is 2.53. The van der Waals surface area contributed by atoms with Crippen LogP contribution < -0.4 is 5.69 Å². The van der Waals surface area contributed by atoms with Crippen molar-refractivity contribution in [2.75, 3.05) is 0 Å². The summed E-state index contributed by atoms with van der Waals surface area (Å²) in [5.41, 5.74) is 1.80. The van der Waals surface area contributed by atoms with E-state index in [2.05, 4.69) is 0 Å². The number of benzene rings is 1. The molecule has 4 heteroatoms. The van der Waals surface area contributed by atoms with Crippen LogP contribution in [0.5, 0.6) is 0 Å². The number of carbonyl (C=O) groups is 1. The summed E-state index contributed by atoms with van der Waals surface area (Å²) in [7, 11) is 1.69. The summed E-state index contributed by atoms with van der Waals surface area (Å²) >= 11 is 0. The SMILES string of the molecule is Cc1cn(C)c(=O)n1-c1ccccc1C=O. The van der Waals surface area contributed by atoms with E-state index in [0.29, 0.717) is 11.3 Å². The highest BCUT2D eigenvalue weighted by molar-refractivity contribution is 5.80. The van der Waals surface area contributed by atoms with E-state index in [-0.39, 0.29) is 5.69 Å². The van der Waals surface area contributed by atoms with Crippen LogP contribution in [0.2, 0.25) is 0 Å². The Morgan fingerprint density at radius 2 is 1.94 bits per heavy atom. The van der Waals surface area contributed by atoms with Gasteiger partial charge in [-0.05, 0) is 19.1 Å². The molecule has 0 radical (unpaired) electrons. The normalized spacial score (nSPS) is 10.4. The van der Waals surface area contributed by atoms with Crippen molar-refractivity contribution in [3.8, 4) is 5.69 Å². The van der Waals surface area contributed by atoms with Crippen molar-refractivity contribution in [1.29, 1.82) is 0 Å². The van der Waals surface area contributed by atoms with Crippen LogP contribution in [0, 0.1) is 6.92 Å². The Bertz CT molecular complexity index is 593. The standard InChI is InChI=1S/C12H12N2O2/c1-9-7-13(2)12(16)14(9)11-6-4-3-5-10(11)8-15/h3-8H,1-2H3. The van der Waals surface area contributed by atoms with Crippen molar-refractivity contribution in [3.05, 3.63) is 52.2 Å². The molecular formula is C12H12N2O2. The first-order valence-corrected chi connectivity index (χ1v) is 4.94. The lowest BCUT2D eigenvalue weighted by atomic mass is 10.2. The molecule has 0 atom stereocenters. The minimum Gasteiger partial charge on any atom is -0.302 e. The third kappa shape index (κ3) is 1.48. The highest BCUT2D eigenvalue weighted by Crippen LogP contribution is 2.12. The van der Waals surface area contributed by atoms with Gasteiger partial charge in [-0.1, -0.05) is 12.1 Å². The fourth-order valence-corrected chi connectivity index (χ4v) is 1.79. The molecule has 1 aromatic heterocycles. The molecule has 0 aliphatic rings. The molecule has 0 aliphatic carbocycles. The summed E-state index contributed by atoms with van der Waals surface area (Å²) in [5, 5.41) is 0. The van der Waals surface area contributed by atoms with Gasteiger partial charge in [0.15, 0.2) is 6.29 Å². The number of aryl methyl sites for hydroxylation is 2. The molecule has 0 saturated carbocycles. The van der Waals surface area contributed by atoms with Gasteiger partial charge in [-0.15, -0.1) is 0 Å². The van der Waals surface area contributed by atoms with Gasteiger partial charge in [0.1, 0.15) is 0 Å². The Morgan fingerprint density at radius 3 is 2.50 bits per heavy atom. The van der Waals surface area contributed by atoms with Crippen LogP contribution >= 0.6 is 0 Å². The number of rotatable bonds is 2. The zero-order valence-corrected chi connectivity index (χ0v) is 9.18. The van der Waals surface area contributed by atoms with E-state index in [1.54, 1.807) is 37.5 Å². The fourth-order valence-electron chi connectivity index (χ4n) is 1.79. The number of hydrogen-bond donors (Lipinski definition) is 0. The van der Waals surface area contributed by atoms with E-state index in [4.69, 9.17) is 0 Å². The molecule has 0 fully saturated rings. The minimum atomic E-state index is -0.146. The van der Waals surface area contributed by atoms with Gasteiger partial charge < -0.3 is 4.57 Å². The van der Waals surface area contributed by atoms with E-state index in [0.717, 1.165) is 12.0 Å². The second-order valence-electron chi connectivity index (χ2n) is 3.68. The van der Waals surface area contributed by atoms with Crippen molar-refractivity contribution >= 4 is 6.29 Å². The molecule has 0 N–H and O–H groups in total. The second-order valence-corrected chi connectivity index (χ2v) is 3.68. The summed E-state index contributed by atoms with van der Waals surface area (Å²) in [6.45, 7) is 1.84. The fraction of sp³-hybridized carbons (Fsp3) is 0.167. The predicted molar refractivity (Wildman–Crippen MR) is 61.1 cm³/mol. The maximum atomic E-state index is 11.9. The predicted octanol–water partition coefficient (Wildman–Crippen LogP) is 1.30. The highest BCUT2D eigenvalue weighted by atomic mass is 16.1. The Labute approximate surface area is 92.8 Å². The summed E-state index contributed by atoms with van der Waals surface area (Å²) in [6, 6.07) is 7.04. The van der Waals surface area contributed by atoms with E-state index >= 15 is 0 Å². The minimum absolute atomic E-state index is 0.146. The second kappa shape index (κ2) is 3.81. The molecule has 0 amide bonds. The van der Waals surface area contributed by atoms with Crippen molar-refractivity contribution in [1.82, 2.24) is 9.13 Å². The van der Waals surface area contributed by atoms with Gasteiger partial charge in [0, 0.05) is 24.5 Å². The van der Waals surface area contributed by atoms with E-state index < -0.39 is 0 Å². The van der Waals surface area contributed by atoms with Gasteiger partial charge in [0.2, 0.25) is 0 Å². The van der Waals surface area contributed by atoms with Crippen molar-refractivity contribution < 1.29 is 4.79 Å². The lowest BCUT2D eigenvalue weighted by molar-refractivity contribution is 0.112. The summed E-state index contributed by atoms with van der Waals surface area (Å²) in [4.78, 5) is 22.8. The monoisotopic (exact) mass is 216 g/mol. The van der Waals surface area contributed by atoms with E-state index in [9.17, 15) is 9.59 Å². The molecule has 0 aliphatic heterocycles. The van der Waals surface area contributed by atoms with Crippen LogP contribution in [-0.2, 0) is 7.05 Å². The average Bonchev–Trinajstić information content (AvgIpc) is 2.53. The van der Waals surface area contributed by atoms with Crippen LogP contribution in [-0.4, -0.2) is 15.4 Å². The van der Waals surface area contributed by atoms with Crippen molar-refractivity contribution in [2.45, 2.75) is 6.92 Å². The number of imidazole rings is 1. The summed E-state index contributed by atoms with van der Waals surface area (Å²) in [5.74, 6) is 0. The Morgan fingerprint density at radius 1 is 1.25 bits per heavy atom. The first-order chi connectivity index (χ1) is 7.65. The van der Waals surface area contributed by atoms with E-state index in [1.807, 2.05) is 6.92 Å². The molecule has 16 heavy (non-hydrogen) atoms. The topological polar surface area (TPSA) is 44.0 Å². The van der Waals surface area contributed by atoms with Crippen LogP contribution in [0.15, 0.2) is 35.3 Å².